The predicted molar refractivity (Wildman–Crippen MR) is 96.4 cm³/mol. The van der Waals surface area contributed by atoms with Crippen molar-refractivity contribution >= 4 is 21.8 Å². The average Bonchev–Trinajstić information content (AvgIpc) is 2.81. The van der Waals surface area contributed by atoms with Crippen LogP contribution in [-0.2, 0) is 10.0 Å². The molecule has 2 rings (SSSR count). The molecule has 0 aliphatic carbocycles. The molecule has 1 aromatic carbocycles. The van der Waals surface area contributed by atoms with Gasteiger partial charge >= 0.3 is 0 Å². The van der Waals surface area contributed by atoms with Gasteiger partial charge in [0.25, 0.3) is 11.8 Å². The molecule has 0 saturated carbocycles. The molecule has 1 unspecified atom stereocenters. The second-order valence-corrected chi connectivity index (χ2v) is 8.20. The van der Waals surface area contributed by atoms with E-state index in [-0.39, 0.29) is 17.5 Å². The van der Waals surface area contributed by atoms with Crippen LogP contribution in [0.1, 0.15) is 79.0 Å². The van der Waals surface area contributed by atoms with Gasteiger partial charge < -0.3 is 0 Å². The Bertz CT molecular complexity index is 695. The van der Waals surface area contributed by atoms with Gasteiger partial charge in [-0.2, -0.15) is 0 Å². The van der Waals surface area contributed by atoms with Gasteiger partial charge in [-0.05, 0) is 18.6 Å². The summed E-state index contributed by atoms with van der Waals surface area (Å²) in [6.45, 7) is 2.15. The van der Waals surface area contributed by atoms with Gasteiger partial charge in [0.2, 0.25) is 10.0 Å². The zero-order valence-electron chi connectivity index (χ0n) is 14.6. The highest BCUT2D eigenvalue weighted by Crippen LogP contribution is 2.28. The van der Waals surface area contributed by atoms with Gasteiger partial charge in [0.05, 0.1) is 11.1 Å². The molecule has 2 N–H and O–H groups in total. The monoisotopic (exact) mass is 366 g/mol. The Morgan fingerprint density at radius 2 is 1.40 bits per heavy atom. The molecule has 0 saturated heterocycles. The van der Waals surface area contributed by atoms with E-state index in [4.69, 9.17) is 5.14 Å². The number of rotatable bonds is 10. The first kappa shape index (κ1) is 19.6. The minimum Gasteiger partial charge on any atom is -0.269 e. The summed E-state index contributed by atoms with van der Waals surface area (Å²) in [6.07, 6.45) is 7.33. The van der Waals surface area contributed by atoms with E-state index in [1.807, 2.05) is 0 Å². The summed E-state index contributed by atoms with van der Waals surface area (Å²) >= 11 is 0. The van der Waals surface area contributed by atoms with Crippen LogP contribution < -0.4 is 5.14 Å². The summed E-state index contributed by atoms with van der Waals surface area (Å²) in [5.41, 5.74) is 0.474. The molecule has 1 atom stereocenters. The molecular formula is C18H26N2O4S. The first-order valence-corrected chi connectivity index (χ1v) is 10.5. The maximum Gasteiger partial charge on any atom is 0.262 e. The van der Waals surface area contributed by atoms with Crippen LogP contribution in [0.15, 0.2) is 24.3 Å². The predicted octanol–water partition coefficient (Wildman–Crippen LogP) is 3.04. The van der Waals surface area contributed by atoms with Crippen LogP contribution >= 0.6 is 0 Å². The largest absolute Gasteiger partial charge is 0.269 e. The zero-order valence-corrected chi connectivity index (χ0v) is 15.4. The normalized spacial score (nSPS) is 15.5. The SMILES string of the molecule is CCCCCCCCCC(N1C(=O)c2ccccc2C1=O)S(N)(=O)=O. The second kappa shape index (κ2) is 8.58. The number of primary sulfonamides is 1. The fraction of sp³-hybridized carbons (Fsp3) is 0.556. The van der Waals surface area contributed by atoms with Gasteiger partial charge in [-0.15, -0.1) is 0 Å². The highest BCUT2D eigenvalue weighted by atomic mass is 32.2. The number of amides is 2. The molecule has 0 aromatic heterocycles. The van der Waals surface area contributed by atoms with Crippen LogP contribution in [0, 0.1) is 0 Å². The highest BCUT2D eigenvalue weighted by Gasteiger charge is 2.43. The summed E-state index contributed by atoms with van der Waals surface area (Å²) in [6, 6.07) is 6.36. The Morgan fingerprint density at radius 1 is 0.920 bits per heavy atom. The number of sulfonamides is 1. The molecule has 7 heteroatoms. The van der Waals surface area contributed by atoms with E-state index in [1.54, 1.807) is 12.1 Å². The van der Waals surface area contributed by atoms with Gasteiger partial charge in [-0.25, -0.2) is 13.6 Å². The van der Waals surface area contributed by atoms with Gasteiger partial charge in [0.15, 0.2) is 5.37 Å². The van der Waals surface area contributed by atoms with Crippen molar-refractivity contribution in [2.24, 2.45) is 5.14 Å². The average molecular weight is 366 g/mol. The van der Waals surface area contributed by atoms with Crippen molar-refractivity contribution in [1.29, 1.82) is 0 Å². The van der Waals surface area contributed by atoms with Gasteiger partial charge in [0.1, 0.15) is 0 Å². The molecule has 0 spiro atoms. The lowest BCUT2D eigenvalue weighted by atomic mass is 10.1. The standard InChI is InChI=1S/C18H26N2O4S/c1-2-3-4-5-6-7-8-13-16(25(19,23)24)20-17(21)14-11-9-10-12-15(14)18(20)22/h9-12,16H,2-8,13H2,1H3,(H2,19,23,24). The number of unbranched alkanes of at least 4 members (excludes halogenated alkanes) is 6. The highest BCUT2D eigenvalue weighted by molar-refractivity contribution is 7.89. The van der Waals surface area contributed by atoms with Gasteiger partial charge in [-0.1, -0.05) is 64.0 Å². The molecule has 6 nitrogen and oxygen atoms in total. The molecular weight excluding hydrogens is 340 g/mol. The number of carbonyl (C=O) groups is 2. The number of nitrogens with zero attached hydrogens (tertiary/aromatic N) is 1. The number of imide groups is 1. The van der Waals surface area contributed by atoms with Crippen molar-refractivity contribution in [3.05, 3.63) is 35.4 Å². The van der Waals surface area contributed by atoms with E-state index in [0.29, 0.717) is 6.42 Å². The quantitative estimate of drug-likeness (QED) is 0.508. The minimum absolute atomic E-state index is 0.179. The van der Waals surface area contributed by atoms with E-state index in [1.165, 1.54) is 31.4 Å². The Hall–Kier alpha value is -1.73. The van der Waals surface area contributed by atoms with Crippen LogP contribution in [0.2, 0.25) is 0 Å². The van der Waals surface area contributed by atoms with Gasteiger partial charge in [0, 0.05) is 0 Å². The first-order valence-electron chi connectivity index (χ1n) is 8.86. The number of benzene rings is 1. The van der Waals surface area contributed by atoms with Crippen LogP contribution in [0.4, 0.5) is 0 Å². The smallest absolute Gasteiger partial charge is 0.262 e. The zero-order chi connectivity index (χ0) is 18.4. The van der Waals surface area contributed by atoms with E-state index in [0.717, 1.165) is 24.2 Å². The number of hydrogen-bond acceptors (Lipinski definition) is 4. The third-order valence-electron chi connectivity index (χ3n) is 4.55. The van der Waals surface area contributed by atoms with Crippen molar-refractivity contribution in [2.75, 3.05) is 0 Å². The minimum atomic E-state index is -4.05. The third kappa shape index (κ3) is 4.67. The first-order chi connectivity index (χ1) is 11.9. The van der Waals surface area contributed by atoms with Crippen molar-refractivity contribution in [3.63, 3.8) is 0 Å². The molecule has 1 heterocycles. The molecule has 0 bridgehead atoms. The Labute approximate surface area is 149 Å². The van der Waals surface area contributed by atoms with E-state index in [9.17, 15) is 18.0 Å². The Morgan fingerprint density at radius 3 is 1.88 bits per heavy atom. The van der Waals surface area contributed by atoms with Crippen molar-refractivity contribution in [2.45, 2.75) is 63.7 Å². The summed E-state index contributed by atoms with van der Waals surface area (Å²) in [7, 11) is -4.05. The van der Waals surface area contributed by atoms with Crippen LogP contribution in [0.25, 0.3) is 0 Å². The van der Waals surface area contributed by atoms with E-state index >= 15 is 0 Å². The van der Waals surface area contributed by atoms with Gasteiger partial charge in [-0.3, -0.25) is 14.5 Å². The number of nitrogens with two attached hydrogens (primary N) is 1. The molecule has 25 heavy (non-hydrogen) atoms. The van der Waals surface area contributed by atoms with E-state index < -0.39 is 27.2 Å². The molecule has 2 amide bonds. The number of carbonyl (C=O) groups excluding carboxylic acids is 2. The molecule has 1 aliphatic heterocycles. The van der Waals surface area contributed by atoms with Crippen LogP contribution in [-0.4, -0.2) is 30.5 Å². The van der Waals surface area contributed by atoms with Crippen molar-refractivity contribution in [1.82, 2.24) is 4.90 Å². The third-order valence-corrected chi connectivity index (χ3v) is 5.75. The summed E-state index contributed by atoms with van der Waals surface area (Å²) < 4.78 is 24.0. The fourth-order valence-corrected chi connectivity index (χ4v) is 4.17. The maximum atomic E-state index is 12.5. The summed E-state index contributed by atoms with van der Waals surface area (Å²) in [5, 5.41) is 4.03. The number of hydrogen-bond donors (Lipinski definition) is 1. The summed E-state index contributed by atoms with van der Waals surface area (Å²) in [5.74, 6) is -1.16. The lowest BCUT2D eigenvalue weighted by Crippen LogP contribution is -2.47. The number of fused-ring (bicyclic) bond motifs is 1. The molecule has 1 aliphatic rings. The van der Waals surface area contributed by atoms with Crippen molar-refractivity contribution in [3.8, 4) is 0 Å². The Balaban J connectivity index is 2.02. The molecule has 0 fully saturated rings. The lowest BCUT2D eigenvalue weighted by Gasteiger charge is -2.24. The van der Waals surface area contributed by atoms with Crippen LogP contribution in [0.3, 0.4) is 0 Å². The topological polar surface area (TPSA) is 97.5 Å². The molecule has 138 valence electrons. The van der Waals surface area contributed by atoms with Crippen molar-refractivity contribution < 1.29 is 18.0 Å². The molecule has 0 radical (unpaired) electrons. The fourth-order valence-electron chi connectivity index (χ4n) is 3.19. The van der Waals surface area contributed by atoms with E-state index in [2.05, 4.69) is 6.92 Å². The Kier molecular flexibility index (Phi) is 6.72. The molecule has 1 aromatic rings. The second-order valence-electron chi connectivity index (χ2n) is 6.48. The lowest BCUT2D eigenvalue weighted by molar-refractivity contribution is 0.0625. The van der Waals surface area contributed by atoms with Crippen LogP contribution in [0.5, 0.6) is 0 Å². The summed E-state index contributed by atoms with van der Waals surface area (Å²) in [4.78, 5) is 25.8. The maximum absolute atomic E-state index is 12.5.